The van der Waals surface area contributed by atoms with Crippen molar-refractivity contribution in [3.8, 4) is 0 Å². The molecule has 0 fully saturated rings. The summed E-state index contributed by atoms with van der Waals surface area (Å²) in [4.78, 5) is 31.7. The Kier molecular flexibility index (Phi) is 4.19. The predicted molar refractivity (Wildman–Crippen MR) is 62.3 cm³/mol. The van der Waals surface area contributed by atoms with Gasteiger partial charge in [0, 0.05) is 17.8 Å². The lowest BCUT2D eigenvalue weighted by Crippen LogP contribution is -2.40. The Morgan fingerprint density at radius 1 is 1.33 bits per heavy atom. The lowest BCUT2D eigenvalue weighted by atomic mass is 10.3. The van der Waals surface area contributed by atoms with Crippen LogP contribution in [0.2, 0.25) is 0 Å². The van der Waals surface area contributed by atoms with Gasteiger partial charge in [-0.05, 0) is 19.1 Å². The summed E-state index contributed by atoms with van der Waals surface area (Å²) in [5.74, 6) is -1.16. The number of amides is 2. The van der Waals surface area contributed by atoms with Gasteiger partial charge in [-0.1, -0.05) is 0 Å². The number of benzene rings is 1. The van der Waals surface area contributed by atoms with Gasteiger partial charge in [0.1, 0.15) is 6.04 Å². The normalized spacial score (nSPS) is 11.4. The van der Waals surface area contributed by atoms with E-state index >= 15 is 0 Å². The summed E-state index contributed by atoms with van der Waals surface area (Å²) < 4.78 is 0. The van der Waals surface area contributed by atoms with Gasteiger partial charge >= 0.3 is 12.0 Å². The molecule has 0 saturated heterocycles. The second kappa shape index (κ2) is 5.62. The van der Waals surface area contributed by atoms with Crippen molar-refractivity contribution < 1.29 is 19.6 Å². The van der Waals surface area contributed by atoms with Crippen LogP contribution in [0.15, 0.2) is 24.3 Å². The monoisotopic (exact) mass is 253 g/mol. The molecule has 3 N–H and O–H groups in total. The van der Waals surface area contributed by atoms with E-state index in [2.05, 4.69) is 10.6 Å². The van der Waals surface area contributed by atoms with Gasteiger partial charge in [0.25, 0.3) is 5.69 Å². The molecule has 0 aliphatic carbocycles. The van der Waals surface area contributed by atoms with Crippen molar-refractivity contribution in [3.63, 3.8) is 0 Å². The molecule has 1 aromatic rings. The molecule has 0 bridgehead atoms. The minimum Gasteiger partial charge on any atom is -0.480 e. The van der Waals surface area contributed by atoms with E-state index in [1.807, 2.05) is 0 Å². The zero-order chi connectivity index (χ0) is 13.7. The minimum absolute atomic E-state index is 0.0973. The zero-order valence-corrected chi connectivity index (χ0v) is 9.41. The first-order chi connectivity index (χ1) is 8.40. The summed E-state index contributed by atoms with van der Waals surface area (Å²) in [7, 11) is 0. The van der Waals surface area contributed by atoms with Gasteiger partial charge in [0.2, 0.25) is 0 Å². The number of non-ortho nitro benzene ring substituents is 1. The van der Waals surface area contributed by atoms with Crippen LogP contribution in [0.4, 0.5) is 16.2 Å². The van der Waals surface area contributed by atoms with Crippen molar-refractivity contribution in [2.75, 3.05) is 5.32 Å². The number of hydrogen-bond donors (Lipinski definition) is 3. The number of rotatable bonds is 4. The smallest absolute Gasteiger partial charge is 0.325 e. The van der Waals surface area contributed by atoms with E-state index in [1.165, 1.54) is 31.2 Å². The van der Waals surface area contributed by atoms with Crippen LogP contribution in [0.5, 0.6) is 0 Å². The number of hydrogen-bond acceptors (Lipinski definition) is 4. The highest BCUT2D eigenvalue weighted by Crippen LogP contribution is 2.15. The molecule has 1 unspecified atom stereocenters. The van der Waals surface area contributed by atoms with Gasteiger partial charge in [0.15, 0.2) is 0 Å². The standard InChI is InChI=1S/C10H11N3O5/c1-6(9(14)15)11-10(16)12-7-2-4-8(5-3-7)13(17)18/h2-6H,1H3,(H,14,15)(H2,11,12,16). The summed E-state index contributed by atoms with van der Waals surface area (Å²) in [6.07, 6.45) is 0. The third-order valence-electron chi connectivity index (χ3n) is 2.05. The fourth-order valence-corrected chi connectivity index (χ4v) is 1.09. The fraction of sp³-hybridized carbons (Fsp3) is 0.200. The first-order valence-corrected chi connectivity index (χ1v) is 4.95. The Morgan fingerprint density at radius 2 is 1.89 bits per heavy atom. The molecular weight excluding hydrogens is 242 g/mol. The molecule has 18 heavy (non-hydrogen) atoms. The number of urea groups is 1. The predicted octanol–water partition coefficient (Wildman–Crippen LogP) is 1.19. The van der Waals surface area contributed by atoms with E-state index in [9.17, 15) is 19.7 Å². The van der Waals surface area contributed by atoms with E-state index in [0.29, 0.717) is 5.69 Å². The molecule has 1 rings (SSSR count). The number of carbonyl (C=O) groups excluding carboxylic acids is 1. The number of carbonyl (C=O) groups is 2. The molecule has 0 aliphatic rings. The Hall–Kier alpha value is -2.64. The first-order valence-electron chi connectivity index (χ1n) is 4.95. The number of nitrogens with one attached hydrogen (secondary N) is 2. The molecule has 0 heterocycles. The highest BCUT2D eigenvalue weighted by atomic mass is 16.6. The third-order valence-corrected chi connectivity index (χ3v) is 2.05. The highest BCUT2D eigenvalue weighted by molar-refractivity contribution is 5.92. The van der Waals surface area contributed by atoms with Crippen LogP contribution in [0.3, 0.4) is 0 Å². The molecule has 2 amide bonds. The number of nitro benzene ring substituents is 1. The SMILES string of the molecule is CC(NC(=O)Nc1ccc([N+](=O)[O-])cc1)C(=O)O. The number of aliphatic carboxylic acids is 1. The summed E-state index contributed by atoms with van der Waals surface area (Å²) in [5.41, 5.74) is 0.232. The summed E-state index contributed by atoms with van der Waals surface area (Å²) in [6, 6.07) is 3.44. The van der Waals surface area contributed by atoms with Crippen molar-refractivity contribution in [2.24, 2.45) is 0 Å². The average Bonchev–Trinajstić information content (AvgIpc) is 2.29. The molecule has 8 heteroatoms. The molecule has 0 saturated carbocycles. The van der Waals surface area contributed by atoms with Crippen LogP contribution in [0, 0.1) is 10.1 Å². The first kappa shape index (κ1) is 13.4. The Bertz CT molecular complexity index is 471. The van der Waals surface area contributed by atoms with Crippen LogP contribution in [-0.2, 0) is 4.79 Å². The summed E-state index contributed by atoms with van der Waals surface area (Å²) in [6.45, 7) is 1.32. The topological polar surface area (TPSA) is 122 Å². The molecule has 1 atom stereocenters. The van der Waals surface area contributed by atoms with Crippen molar-refractivity contribution in [1.29, 1.82) is 0 Å². The van der Waals surface area contributed by atoms with Crippen molar-refractivity contribution in [3.05, 3.63) is 34.4 Å². The van der Waals surface area contributed by atoms with Crippen LogP contribution in [0.25, 0.3) is 0 Å². The molecule has 0 radical (unpaired) electrons. The number of carboxylic acid groups (broad SMARTS) is 1. The zero-order valence-electron chi connectivity index (χ0n) is 9.41. The van der Waals surface area contributed by atoms with Gasteiger partial charge in [-0.25, -0.2) is 4.79 Å². The van der Waals surface area contributed by atoms with E-state index in [1.54, 1.807) is 0 Å². The third kappa shape index (κ3) is 3.74. The van der Waals surface area contributed by atoms with E-state index < -0.39 is 23.0 Å². The average molecular weight is 253 g/mol. The van der Waals surface area contributed by atoms with Gasteiger partial charge in [-0.15, -0.1) is 0 Å². The number of anilines is 1. The minimum atomic E-state index is -1.16. The van der Waals surface area contributed by atoms with Crippen molar-refractivity contribution in [2.45, 2.75) is 13.0 Å². The molecule has 0 aromatic heterocycles. The van der Waals surface area contributed by atoms with Crippen LogP contribution in [0.1, 0.15) is 6.92 Å². The second-order valence-corrected chi connectivity index (χ2v) is 3.46. The van der Waals surface area contributed by atoms with Gasteiger partial charge < -0.3 is 15.7 Å². The van der Waals surface area contributed by atoms with Crippen LogP contribution in [-0.4, -0.2) is 28.1 Å². The Labute approximate surface area is 102 Å². The summed E-state index contributed by atoms with van der Waals surface area (Å²) >= 11 is 0. The second-order valence-electron chi connectivity index (χ2n) is 3.46. The maximum atomic E-state index is 11.3. The van der Waals surface area contributed by atoms with E-state index in [4.69, 9.17) is 5.11 Å². The van der Waals surface area contributed by atoms with Gasteiger partial charge in [-0.2, -0.15) is 0 Å². The molecule has 1 aromatic carbocycles. The molecular formula is C10H11N3O5. The van der Waals surface area contributed by atoms with Gasteiger partial charge in [-0.3, -0.25) is 14.9 Å². The van der Waals surface area contributed by atoms with E-state index in [-0.39, 0.29) is 5.69 Å². The molecule has 0 aliphatic heterocycles. The molecule has 0 spiro atoms. The van der Waals surface area contributed by atoms with Crippen LogP contribution >= 0.6 is 0 Å². The maximum Gasteiger partial charge on any atom is 0.325 e. The Morgan fingerprint density at radius 3 is 2.33 bits per heavy atom. The summed E-state index contributed by atoms with van der Waals surface area (Å²) in [5, 5.41) is 23.5. The highest BCUT2D eigenvalue weighted by Gasteiger charge is 2.14. The largest absolute Gasteiger partial charge is 0.480 e. The van der Waals surface area contributed by atoms with E-state index in [0.717, 1.165) is 0 Å². The lowest BCUT2D eigenvalue weighted by molar-refractivity contribution is -0.384. The molecule has 8 nitrogen and oxygen atoms in total. The van der Waals surface area contributed by atoms with Crippen molar-refractivity contribution >= 4 is 23.4 Å². The number of nitrogens with zero attached hydrogens (tertiary/aromatic N) is 1. The molecule has 96 valence electrons. The lowest BCUT2D eigenvalue weighted by Gasteiger charge is -2.10. The van der Waals surface area contributed by atoms with Gasteiger partial charge in [0.05, 0.1) is 4.92 Å². The van der Waals surface area contributed by atoms with Crippen LogP contribution < -0.4 is 10.6 Å². The number of carboxylic acids is 1. The fourth-order valence-electron chi connectivity index (χ4n) is 1.09. The Balaban J connectivity index is 2.60. The quantitative estimate of drug-likeness (QED) is 0.549. The van der Waals surface area contributed by atoms with Crippen molar-refractivity contribution in [1.82, 2.24) is 5.32 Å². The number of nitro groups is 1. The maximum absolute atomic E-state index is 11.3.